The second-order valence-electron chi connectivity index (χ2n) is 8.01. The van der Waals surface area contributed by atoms with Gasteiger partial charge in [-0.3, -0.25) is 19.3 Å². The second-order valence-corrected chi connectivity index (χ2v) is 9.41. The molecule has 2 aromatic carbocycles. The van der Waals surface area contributed by atoms with E-state index in [0.717, 1.165) is 34.2 Å². The van der Waals surface area contributed by atoms with Gasteiger partial charge in [0.15, 0.2) is 11.5 Å². The van der Waals surface area contributed by atoms with Gasteiger partial charge < -0.3 is 14.8 Å². The summed E-state index contributed by atoms with van der Waals surface area (Å²) in [6, 6.07) is 8.94. The minimum absolute atomic E-state index is 0.0522. The van der Waals surface area contributed by atoms with E-state index >= 15 is 0 Å². The molecular formula is C25H27ClN2O5S. The van der Waals surface area contributed by atoms with Gasteiger partial charge in [-0.05, 0) is 74.4 Å². The zero-order valence-electron chi connectivity index (χ0n) is 19.7. The lowest BCUT2D eigenvalue weighted by atomic mass is 10.1. The first-order chi connectivity index (χ1) is 16.1. The Morgan fingerprint density at radius 2 is 1.97 bits per heavy atom. The number of benzene rings is 2. The molecule has 1 aliphatic heterocycles. The summed E-state index contributed by atoms with van der Waals surface area (Å²) in [5, 5.41) is 2.58. The monoisotopic (exact) mass is 502 g/mol. The topological polar surface area (TPSA) is 84.9 Å². The first kappa shape index (κ1) is 25.6. The van der Waals surface area contributed by atoms with Crippen molar-refractivity contribution in [1.29, 1.82) is 0 Å². The number of thioether (sulfide) groups is 1. The summed E-state index contributed by atoms with van der Waals surface area (Å²) in [7, 11) is 1.50. The number of nitrogens with one attached hydrogen (secondary N) is 1. The highest BCUT2D eigenvalue weighted by atomic mass is 35.5. The molecule has 3 rings (SSSR count). The molecule has 3 amide bonds. The molecule has 1 aliphatic rings. The van der Waals surface area contributed by atoms with E-state index in [2.05, 4.69) is 5.32 Å². The molecule has 0 spiro atoms. The Morgan fingerprint density at radius 1 is 1.24 bits per heavy atom. The van der Waals surface area contributed by atoms with Crippen LogP contribution >= 0.6 is 23.4 Å². The largest absolute Gasteiger partial charge is 0.493 e. The molecule has 2 aromatic rings. The zero-order valence-corrected chi connectivity index (χ0v) is 21.3. The number of aryl methyl sites for hydroxylation is 2. The van der Waals surface area contributed by atoms with E-state index in [0.29, 0.717) is 27.8 Å². The van der Waals surface area contributed by atoms with Gasteiger partial charge in [0.1, 0.15) is 6.54 Å². The lowest BCUT2D eigenvalue weighted by Crippen LogP contribution is -2.36. The number of hydrogen-bond donors (Lipinski definition) is 1. The van der Waals surface area contributed by atoms with E-state index in [1.54, 1.807) is 24.3 Å². The fourth-order valence-electron chi connectivity index (χ4n) is 3.30. The van der Waals surface area contributed by atoms with E-state index < -0.39 is 17.1 Å². The molecule has 1 atom stereocenters. The van der Waals surface area contributed by atoms with Crippen LogP contribution in [0.15, 0.2) is 35.2 Å². The number of ether oxygens (including phenoxy) is 2. The molecule has 0 radical (unpaired) electrons. The SMILES string of the molecule is CC[C@@H](C)Oc1c(Cl)cc(/C=C2\SC(=O)N(CC(=O)Nc3ccc(C)cc3C)C2=O)cc1OC. The van der Waals surface area contributed by atoms with Gasteiger partial charge >= 0.3 is 0 Å². The Hall–Kier alpha value is -2.97. The summed E-state index contributed by atoms with van der Waals surface area (Å²) < 4.78 is 11.3. The Bertz CT molecular complexity index is 1160. The van der Waals surface area contributed by atoms with Crippen LogP contribution in [0.2, 0.25) is 5.02 Å². The van der Waals surface area contributed by atoms with Crippen molar-refractivity contribution in [2.45, 2.75) is 40.2 Å². The van der Waals surface area contributed by atoms with Gasteiger partial charge in [0.2, 0.25) is 5.91 Å². The summed E-state index contributed by atoms with van der Waals surface area (Å²) in [6.07, 6.45) is 2.29. The molecule has 1 saturated heterocycles. The number of halogens is 1. The Balaban J connectivity index is 1.76. The molecule has 0 bridgehead atoms. The highest BCUT2D eigenvalue weighted by Gasteiger charge is 2.36. The zero-order chi connectivity index (χ0) is 25.0. The molecule has 0 aromatic heterocycles. The molecule has 0 saturated carbocycles. The average Bonchev–Trinajstić information content (AvgIpc) is 3.04. The van der Waals surface area contributed by atoms with E-state index in [1.165, 1.54) is 7.11 Å². The maximum absolute atomic E-state index is 12.9. The molecular weight excluding hydrogens is 476 g/mol. The highest BCUT2D eigenvalue weighted by molar-refractivity contribution is 8.18. The summed E-state index contributed by atoms with van der Waals surface area (Å²) in [6.45, 7) is 7.39. The maximum Gasteiger partial charge on any atom is 0.294 e. The Labute approximate surface area is 208 Å². The van der Waals surface area contributed by atoms with Gasteiger partial charge in [0.25, 0.3) is 11.1 Å². The minimum atomic E-state index is -0.541. The third-order valence-corrected chi connectivity index (χ3v) is 6.46. The van der Waals surface area contributed by atoms with Crippen molar-refractivity contribution >= 4 is 52.2 Å². The Morgan fingerprint density at radius 3 is 2.62 bits per heavy atom. The standard InChI is InChI=1S/C25H27ClN2O5S/c1-6-16(4)33-23-18(26)10-17(11-20(23)32-5)12-21-24(30)28(25(31)34-21)13-22(29)27-19-8-7-14(2)9-15(19)3/h7-12,16H,6,13H2,1-5H3,(H,27,29)/b21-12-/t16-/m1/s1. The number of methoxy groups -OCH3 is 1. The van der Waals surface area contributed by atoms with Gasteiger partial charge in [-0.1, -0.05) is 36.2 Å². The second kappa shape index (κ2) is 11.0. The summed E-state index contributed by atoms with van der Waals surface area (Å²) in [5.41, 5.74) is 3.18. The number of carbonyl (C=O) groups excluding carboxylic acids is 3. The molecule has 180 valence electrons. The minimum Gasteiger partial charge on any atom is -0.493 e. The third kappa shape index (κ3) is 5.93. The van der Waals surface area contributed by atoms with Crippen LogP contribution in [0.25, 0.3) is 6.08 Å². The van der Waals surface area contributed by atoms with Crippen LogP contribution in [0.4, 0.5) is 10.5 Å². The lowest BCUT2D eigenvalue weighted by Gasteiger charge is -2.17. The molecule has 7 nitrogen and oxygen atoms in total. The van der Waals surface area contributed by atoms with Crippen LogP contribution in [0, 0.1) is 13.8 Å². The number of imide groups is 1. The van der Waals surface area contributed by atoms with Gasteiger partial charge in [-0.2, -0.15) is 0 Å². The van der Waals surface area contributed by atoms with Gasteiger partial charge in [0.05, 0.1) is 23.1 Å². The van der Waals surface area contributed by atoms with Crippen molar-refractivity contribution in [2.75, 3.05) is 19.0 Å². The third-order valence-electron chi connectivity index (χ3n) is 5.27. The molecule has 9 heteroatoms. The van der Waals surface area contributed by atoms with Crippen LogP contribution in [-0.2, 0) is 9.59 Å². The van der Waals surface area contributed by atoms with Crippen LogP contribution in [0.1, 0.15) is 37.0 Å². The van der Waals surface area contributed by atoms with E-state index in [-0.39, 0.29) is 17.6 Å². The van der Waals surface area contributed by atoms with Gasteiger partial charge in [-0.25, -0.2) is 0 Å². The normalized spacial score (nSPS) is 15.6. The molecule has 1 fully saturated rings. The highest BCUT2D eigenvalue weighted by Crippen LogP contribution is 2.39. The van der Waals surface area contributed by atoms with Crippen molar-refractivity contribution in [2.24, 2.45) is 0 Å². The maximum atomic E-state index is 12.9. The first-order valence-electron chi connectivity index (χ1n) is 10.8. The fourth-order valence-corrected chi connectivity index (χ4v) is 4.40. The number of nitrogens with zero attached hydrogens (tertiary/aromatic N) is 1. The van der Waals surface area contributed by atoms with Crippen LogP contribution < -0.4 is 14.8 Å². The summed E-state index contributed by atoms with van der Waals surface area (Å²) in [5.74, 6) is -0.148. The molecule has 0 aliphatic carbocycles. The quantitative estimate of drug-likeness (QED) is 0.458. The Kier molecular flexibility index (Phi) is 8.28. The number of rotatable bonds is 8. The van der Waals surface area contributed by atoms with Crippen molar-refractivity contribution in [3.63, 3.8) is 0 Å². The number of carbonyl (C=O) groups is 3. The predicted octanol–water partition coefficient (Wildman–Crippen LogP) is 5.82. The smallest absolute Gasteiger partial charge is 0.294 e. The fraction of sp³-hybridized carbons (Fsp3) is 0.320. The van der Waals surface area contributed by atoms with Crippen molar-refractivity contribution in [3.8, 4) is 11.5 Å². The van der Waals surface area contributed by atoms with Crippen LogP contribution in [0.3, 0.4) is 0 Å². The van der Waals surface area contributed by atoms with Gasteiger partial charge in [-0.15, -0.1) is 0 Å². The molecule has 34 heavy (non-hydrogen) atoms. The van der Waals surface area contributed by atoms with Crippen LogP contribution in [-0.4, -0.2) is 41.7 Å². The number of amides is 3. The molecule has 0 unspecified atom stereocenters. The molecule has 1 N–H and O–H groups in total. The number of anilines is 1. The van der Waals surface area contributed by atoms with Crippen LogP contribution in [0.5, 0.6) is 11.5 Å². The average molecular weight is 503 g/mol. The summed E-state index contributed by atoms with van der Waals surface area (Å²) >= 11 is 7.18. The van der Waals surface area contributed by atoms with Crippen molar-refractivity contribution in [1.82, 2.24) is 4.90 Å². The van der Waals surface area contributed by atoms with Crippen molar-refractivity contribution < 1.29 is 23.9 Å². The van der Waals surface area contributed by atoms with E-state index in [4.69, 9.17) is 21.1 Å². The predicted molar refractivity (Wildman–Crippen MR) is 136 cm³/mol. The molecule has 1 heterocycles. The van der Waals surface area contributed by atoms with E-state index in [9.17, 15) is 14.4 Å². The van der Waals surface area contributed by atoms with Gasteiger partial charge in [0, 0.05) is 5.69 Å². The summed E-state index contributed by atoms with van der Waals surface area (Å²) in [4.78, 5) is 38.9. The van der Waals surface area contributed by atoms with Crippen molar-refractivity contribution in [3.05, 3.63) is 56.9 Å². The first-order valence-corrected chi connectivity index (χ1v) is 12.0. The number of hydrogen-bond acceptors (Lipinski definition) is 6. The van der Waals surface area contributed by atoms with E-state index in [1.807, 2.05) is 39.8 Å². The lowest BCUT2D eigenvalue weighted by molar-refractivity contribution is -0.127.